The highest BCUT2D eigenvalue weighted by atomic mass is 19.1. The van der Waals surface area contributed by atoms with Gasteiger partial charge in [0.15, 0.2) is 0 Å². The van der Waals surface area contributed by atoms with E-state index in [0.717, 1.165) is 62.5 Å². The number of rotatable bonds is 7. The van der Waals surface area contributed by atoms with Gasteiger partial charge < -0.3 is 20.5 Å². The molecule has 3 aliphatic rings. The molecule has 0 bridgehead atoms. The number of aromatic amines is 1. The molecule has 222 valence electrons. The van der Waals surface area contributed by atoms with Gasteiger partial charge in [0.1, 0.15) is 5.82 Å². The van der Waals surface area contributed by atoms with Crippen LogP contribution in [0.1, 0.15) is 57.4 Å². The van der Waals surface area contributed by atoms with E-state index in [1.165, 1.54) is 12.1 Å². The molecule has 0 radical (unpaired) electrons. The van der Waals surface area contributed by atoms with Crippen molar-refractivity contribution in [2.24, 2.45) is 0 Å². The summed E-state index contributed by atoms with van der Waals surface area (Å²) in [6.07, 6.45) is 2.39. The quantitative estimate of drug-likeness (QED) is 0.474. The molecule has 3 N–H and O–H groups in total. The minimum atomic E-state index is -0.388. The zero-order valence-electron chi connectivity index (χ0n) is 24.6. The predicted molar refractivity (Wildman–Crippen MR) is 158 cm³/mol. The molecular weight excluding hydrogens is 523 g/mol. The van der Waals surface area contributed by atoms with Gasteiger partial charge in [-0.3, -0.25) is 24.2 Å². The largest absolute Gasteiger partial charge is 0.352 e. The van der Waals surface area contributed by atoms with Crippen molar-refractivity contribution >= 4 is 17.5 Å². The molecule has 3 atom stereocenters. The number of H-pyrrole nitrogens is 1. The second-order valence-corrected chi connectivity index (χ2v) is 12.7. The third kappa shape index (κ3) is 6.88. The number of benzene rings is 1. The molecule has 5 rings (SSSR count). The van der Waals surface area contributed by atoms with Crippen LogP contribution in [0.3, 0.4) is 0 Å². The molecule has 10 heteroatoms. The normalized spacial score (nSPS) is 24.7. The number of hydrogen-bond acceptors (Lipinski definition) is 6. The topological polar surface area (TPSA) is 101 Å². The smallest absolute Gasteiger partial charge is 0.251 e. The number of carbonyl (C=O) groups is 2. The summed E-state index contributed by atoms with van der Waals surface area (Å²) in [5.41, 5.74) is 2.36. The number of aromatic nitrogens is 1. The molecule has 4 heterocycles. The first-order valence-electron chi connectivity index (χ1n) is 14.8. The molecule has 2 amide bonds. The fourth-order valence-electron chi connectivity index (χ4n) is 6.61. The monoisotopic (exact) mass is 566 g/mol. The van der Waals surface area contributed by atoms with E-state index < -0.39 is 0 Å². The van der Waals surface area contributed by atoms with E-state index in [0.29, 0.717) is 25.1 Å². The molecule has 9 nitrogen and oxygen atoms in total. The number of nitrogens with zero attached hydrogens (tertiary/aromatic N) is 3. The van der Waals surface area contributed by atoms with E-state index in [-0.39, 0.29) is 46.7 Å². The Labute approximate surface area is 241 Å². The Kier molecular flexibility index (Phi) is 8.63. The maximum atomic E-state index is 13.9. The Morgan fingerprint density at radius 1 is 1.17 bits per heavy atom. The van der Waals surface area contributed by atoms with Gasteiger partial charge >= 0.3 is 0 Å². The van der Waals surface area contributed by atoms with Crippen LogP contribution in [0, 0.1) is 5.82 Å². The summed E-state index contributed by atoms with van der Waals surface area (Å²) in [5.74, 6) is -0.290. The lowest BCUT2D eigenvalue weighted by Gasteiger charge is -2.43. The van der Waals surface area contributed by atoms with Crippen molar-refractivity contribution in [2.75, 3.05) is 50.7 Å². The van der Waals surface area contributed by atoms with Crippen molar-refractivity contribution in [3.8, 4) is 0 Å². The lowest BCUT2D eigenvalue weighted by Crippen LogP contribution is -2.61. The Morgan fingerprint density at radius 2 is 1.93 bits per heavy atom. The highest BCUT2D eigenvalue weighted by Crippen LogP contribution is 2.39. The van der Waals surface area contributed by atoms with Crippen LogP contribution in [0.5, 0.6) is 0 Å². The summed E-state index contributed by atoms with van der Waals surface area (Å²) in [7, 11) is 0. The molecule has 2 fully saturated rings. The Morgan fingerprint density at radius 3 is 2.66 bits per heavy atom. The lowest BCUT2D eigenvalue weighted by molar-refractivity contribution is -0.121. The second kappa shape index (κ2) is 12.0. The summed E-state index contributed by atoms with van der Waals surface area (Å²) >= 11 is 0. The van der Waals surface area contributed by atoms with Crippen LogP contribution in [0.15, 0.2) is 35.1 Å². The molecule has 1 aromatic heterocycles. The van der Waals surface area contributed by atoms with Crippen LogP contribution in [-0.2, 0) is 21.4 Å². The molecule has 0 aliphatic carbocycles. The molecular formula is C31H43FN6O3. The van der Waals surface area contributed by atoms with Gasteiger partial charge in [0, 0.05) is 80.9 Å². The van der Waals surface area contributed by atoms with Crippen LogP contribution < -0.4 is 21.1 Å². The first-order valence-corrected chi connectivity index (χ1v) is 14.8. The first kappa shape index (κ1) is 29.4. The van der Waals surface area contributed by atoms with Crippen molar-refractivity contribution in [3.63, 3.8) is 0 Å². The van der Waals surface area contributed by atoms with Gasteiger partial charge in [-0.05, 0) is 50.1 Å². The van der Waals surface area contributed by atoms with E-state index in [9.17, 15) is 18.8 Å². The molecule has 0 saturated carbocycles. The second-order valence-electron chi connectivity index (χ2n) is 12.7. The third-order valence-corrected chi connectivity index (χ3v) is 8.67. The highest BCUT2D eigenvalue weighted by Gasteiger charge is 2.41. The van der Waals surface area contributed by atoms with E-state index in [4.69, 9.17) is 0 Å². The summed E-state index contributed by atoms with van der Waals surface area (Å²) in [6.45, 7) is 12.8. The number of piperazine rings is 1. The average molecular weight is 567 g/mol. The SMILES string of the molecule is CC(=O)N[C@H]1CCCN(C[C@H]2CN[C@H](C)CN2CC(=O)N2CC(C)(C)c3[nH]c(=O)c(Cc4ccc(F)cc4)cc32)C1. The predicted octanol–water partition coefficient (Wildman–Crippen LogP) is 1.99. The molecule has 3 aliphatic heterocycles. The zero-order chi connectivity index (χ0) is 29.3. The molecule has 0 unspecified atom stereocenters. The minimum absolute atomic E-state index is 0.00761. The van der Waals surface area contributed by atoms with E-state index in [2.05, 4.69) is 32.3 Å². The summed E-state index contributed by atoms with van der Waals surface area (Å²) < 4.78 is 13.4. The summed E-state index contributed by atoms with van der Waals surface area (Å²) in [6, 6.07) is 8.61. The van der Waals surface area contributed by atoms with Crippen LogP contribution in [0.4, 0.5) is 10.1 Å². The van der Waals surface area contributed by atoms with Gasteiger partial charge in [-0.25, -0.2) is 4.39 Å². The Balaban J connectivity index is 1.32. The third-order valence-electron chi connectivity index (χ3n) is 8.67. The van der Waals surface area contributed by atoms with Crippen LogP contribution >= 0.6 is 0 Å². The van der Waals surface area contributed by atoms with Crippen LogP contribution in [-0.4, -0.2) is 90.5 Å². The lowest BCUT2D eigenvalue weighted by atomic mass is 9.91. The number of pyridine rings is 1. The first-order chi connectivity index (χ1) is 19.5. The van der Waals surface area contributed by atoms with Gasteiger partial charge in [0.25, 0.3) is 5.56 Å². The van der Waals surface area contributed by atoms with Gasteiger partial charge in [-0.1, -0.05) is 26.0 Å². The van der Waals surface area contributed by atoms with Gasteiger partial charge in [0.2, 0.25) is 11.8 Å². The Bertz CT molecular complexity index is 1330. The van der Waals surface area contributed by atoms with Gasteiger partial charge in [0.05, 0.1) is 12.2 Å². The number of carbonyl (C=O) groups excluding carboxylic acids is 2. The van der Waals surface area contributed by atoms with Crippen molar-refractivity contribution in [3.05, 3.63) is 63.3 Å². The summed E-state index contributed by atoms with van der Waals surface area (Å²) in [5, 5.41) is 6.65. The van der Waals surface area contributed by atoms with Crippen molar-refractivity contribution < 1.29 is 14.0 Å². The van der Waals surface area contributed by atoms with Crippen LogP contribution in [0.2, 0.25) is 0 Å². The minimum Gasteiger partial charge on any atom is -0.352 e. The molecule has 2 aromatic rings. The summed E-state index contributed by atoms with van der Waals surface area (Å²) in [4.78, 5) is 48.1. The van der Waals surface area contributed by atoms with E-state index in [1.807, 2.05) is 24.8 Å². The number of piperidine rings is 1. The Hall–Kier alpha value is -3.08. The van der Waals surface area contributed by atoms with Gasteiger partial charge in [-0.15, -0.1) is 0 Å². The zero-order valence-corrected chi connectivity index (χ0v) is 24.6. The number of anilines is 1. The number of halogens is 1. The fraction of sp³-hybridized carbons (Fsp3) is 0.581. The van der Waals surface area contributed by atoms with Crippen molar-refractivity contribution in [1.29, 1.82) is 0 Å². The van der Waals surface area contributed by atoms with E-state index in [1.54, 1.807) is 19.1 Å². The molecule has 0 spiro atoms. The van der Waals surface area contributed by atoms with Crippen molar-refractivity contribution in [1.82, 2.24) is 25.4 Å². The molecule has 41 heavy (non-hydrogen) atoms. The van der Waals surface area contributed by atoms with E-state index >= 15 is 0 Å². The maximum absolute atomic E-state index is 13.9. The van der Waals surface area contributed by atoms with Gasteiger partial charge in [-0.2, -0.15) is 0 Å². The number of likely N-dealkylation sites (tertiary alicyclic amines) is 1. The molecule has 2 saturated heterocycles. The number of fused-ring (bicyclic) bond motifs is 1. The number of nitrogens with one attached hydrogen (secondary N) is 3. The van der Waals surface area contributed by atoms with Crippen molar-refractivity contribution in [2.45, 2.75) is 70.5 Å². The fourth-order valence-corrected chi connectivity index (χ4v) is 6.61. The molecule has 1 aromatic carbocycles. The maximum Gasteiger partial charge on any atom is 0.251 e. The average Bonchev–Trinajstić information content (AvgIpc) is 3.16. The number of amides is 2. The highest BCUT2D eigenvalue weighted by molar-refractivity contribution is 5.97. The standard InChI is InChI=1S/C31H43FN6O3/c1-20-15-37(26(14-33-20)17-36-11-5-6-25(16-36)34-21(2)39)18-28(40)38-19-31(3,4)29-27(38)13-23(30(41)35-29)12-22-7-9-24(32)10-8-22/h7-10,13,20,25-26,33H,5-6,11-12,14-19H2,1-4H3,(H,34,39)(H,35,41)/t20-,25+,26-/m1/s1. The number of hydrogen-bond donors (Lipinski definition) is 3. The van der Waals surface area contributed by atoms with Crippen LogP contribution in [0.25, 0.3) is 0 Å².